The molecule has 0 saturated carbocycles. The van der Waals surface area contributed by atoms with Gasteiger partial charge in [-0.15, -0.1) is 0 Å². The Kier molecular flexibility index (Phi) is 65.9. The number of phosphoric acid groups is 2. The first kappa shape index (κ1) is 95.1. The SMILES string of the molecule is CCC(C)CCCCCCCCC(=O)OC[C@H](COP(=O)(O)OC[C@H](O)COP(=O)(O)OC[C@@H](COC(=O)CCCCCCCCCCCCCCCCCCCCC(C)C)OC(=O)CCCCCCCCCCC(C)C)OC(=O)CCCCCCCCCCCCCCC(C)C. The molecule has 0 heterocycles. The summed E-state index contributed by atoms with van der Waals surface area (Å²) in [5.41, 5.74) is 0. The number of esters is 4. The fraction of sp³-hybridized carbons (Fsp3) is 0.949. The van der Waals surface area contributed by atoms with E-state index in [1.165, 1.54) is 193 Å². The zero-order valence-corrected chi connectivity index (χ0v) is 65.5. The van der Waals surface area contributed by atoms with Crippen LogP contribution >= 0.6 is 15.6 Å². The van der Waals surface area contributed by atoms with Gasteiger partial charge in [0.05, 0.1) is 26.4 Å². The minimum Gasteiger partial charge on any atom is -0.462 e. The molecule has 0 aliphatic heterocycles. The number of carbonyl (C=O) groups is 4. The minimum absolute atomic E-state index is 0.105. The van der Waals surface area contributed by atoms with Gasteiger partial charge in [0.2, 0.25) is 0 Å². The first-order valence-corrected chi connectivity index (χ1v) is 43.2. The summed E-state index contributed by atoms with van der Waals surface area (Å²) >= 11 is 0. The summed E-state index contributed by atoms with van der Waals surface area (Å²) in [6.07, 6.45) is 52.9. The molecule has 3 unspecified atom stereocenters. The fourth-order valence-corrected chi connectivity index (χ4v) is 13.5. The summed E-state index contributed by atoms with van der Waals surface area (Å²) in [7, 11) is -9.91. The topological polar surface area (TPSA) is 237 Å². The first-order valence-electron chi connectivity index (χ1n) is 40.2. The Balaban J connectivity index is 5.17. The summed E-state index contributed by atoms with van der Waals surface area (Å²) in [6, 6.07) is 0. The summed E-state index contributed by atoms with van der Waals surface area (Å²) in [5, 5.41) is 10.6. The number of rotatable bonds is 75. The van der Waals surface area contributed by atoms with Gasteiger partial charge in [-0.3, -0.25) is 37.3 Å². The lowest BCUT2D eigenvalue weighted by Gasteiger charge is -2.21. The Morgan fingerprint density at radius 3 is 0.732 bits per heavy atom. The molecular weight excluding hydrogens is 1270 g/mol. The van der Waals surface area contributed by atoms with Crippen LogP contribution in [0, 0.1) is 23.7 Å². The molecule has 0 aromatic rings. The Hall–Kier alpha value is -1.94. The Morgan fingerprint density at radius 1 is 0.289 bits per heavy atom. The standard InChI is InChI=1S/C78H152O17P2/c1-9-71(8)57-49-41-36-37-43-51-59-76(81)89-65-74(94-77(82)60-52-44-34-27-23-19-18-21-25-31-39-47-55-69(4)5)67-93-97(86,87)91-63-72(79)62-90-96(84,85)92-66-73(95-78(83)61-53-45-35-29-28-32-40-48-56-70(6)7)64-88-75(80)58-50-42-33-26-22-17-15-13-11-10-12-14-16-20-24-30-38-46-54-68(2)3/h68-74,79H,9-67H2,1-8H3,(H,84,85)(H,86,87)/t71?,72-,73-,74-/m1/s1. The Bertz CT molecular complexity index is 1900. The maximum absolute atomic E-state index is 13.1. The molecule has 0 radical (unpaired) electrons. The van der Waals surface area contributed by atoms with Crippen molar-refractivity contribution in [3.8, 4) is 0 Å². The first-order chi connectivity index (χ1) is 46.6. The smallest absolute Gasteiger partial charge is 0.462 e. The lowest BCUT2D eigenvalue weighted by atomic mass is 10.00. The van der Waals surface area contributed by atoms with Crippen molar-refractivity contribution in [3.63, 3.8) is 0 Å². The highest BCUT2D eigenvalue weighted by molar-refractivity contribution is 7.47. The van der Waals surface area contributed by atoms with Gasteiger partial charge in [0, 0.05) is 25.7 Å². The molecule has 19 heteroatoms. The number of carbonyl (C=O) groups excluding carboxylic acids is 4. The van der Waals surface area contributed by atoms with Crippen molar-refractivity contribution in [1.82, 2.24) is 0 Å². The van der Waals surface area contributed by atoms with Crippen molar-refractivity contribution >= 4 is 39.5 Å². The van der Waals surface area contributed by atoms with Crippen LogP contribution in [0.2, 0.25) is 0 Å². The van der Waals surface area contributed by atoms with Crippen LogP contribution in [-0.2, 0) is 65.4 Å². The van der Waals surface area contributed by atoms with Crippen LogP contribution in [0.5, 0.6) is 0 Å². The molecule has 0 bridgehead atoms. The summed E-state index contributed by atoms with van der Waals surface area (Å²) in [4.78, 5) is 72.8. The van der Waals surface area contributed by atoms with Crippen LogP contribution in [-0.4, -0.2) is 96.7 Å². The van der Waals surface area contributed by atoms with Crippen LogP contribution in [0.3, 0.4) is 0 Å². The fourth-order valence-electron chi connectivity index (χ4n) is 11.9. The van der Waals surface area contributed by atoms with Crippen molar-refractivity contribution in [3.05, 3.63) is 0 Å². The molecule has 0 aliphatic carbocycles. The second-order valence-electron chi connectivity index (χ2n) is 29.8. The summed E-state index contributed by atoms with van der Waals surface area (Å²) in [6.45, 7) is 14.2. The van der Waals surface area contributed by atoms with Crippen molar-refractivity contribution in [2.24, 2.45) is 23.7 Å². The van der Waals surface area contributed by atoms with E-state index in [2.05, 4.69) is 55.4 Å². The molecular formula is C78H152O17P2. The monoisotopic (exact) mass is 1420 g/mol. The Morgan fingerprint density at radius 2 is 0.495 bits per heavy atom. The molecule has 17 nitrogen and oxygen atoms in total. The van der Waals surface area contributed by atoms with E-state index in [1.807, 2.05) is 0 Å². The zero-order chi connectivity index (χ0) is 71.7. The molecule has 576 valence electrons. The van der Waals surface area contributed by atoms with Crippen molar-refractivity contribution in [2.45, 2.75) is 414 Å². The molecule has 97 heavy (non-hydrogen) atoms. The van der Waals surface area contributed by atoms with Gasteiger partial charge in [0.15, 0.2) is 12.2 Å². The molecule has 0 rings (SSSR count). The van der Waals surface area contributed by atoms with E-state index in [1.54, 1.807) is 0 Å². The lowest BCUT2D eigenvalue weighted by Crippen LogP contribution is -2.30. The van der Waals surface area contributed by atoms with Gasteiger partial charge in [0.25, 0.3) is 0 Å². The highest BCUT2D eigenvalue weighted by atomic mass is 31.2. The number of ether oxygens (including phenoxy) is 4. The van der Waals surface area contributed by atoms with E-state index >= 15 is 0 Å². The quantitative estimate of drug-likeness (QED) is 0.0222. The number of hydrogen-bond acceptors (Lipinski definition) is 15. The van der Waals surface area contributed by atoms with Gasteiger partial charge < -0.3 is 33.8 Å². The van der Waals surface area contributed by atoms with E-state index in [0.717, 1.165) is 120 Å². The van der Waals surface area contributed by atoms with E-state index in [4.69, 9.17) is 37.0 Å². The third kappa shape index (κ3) is 70.9. The van der Waals surface area contributed by atoms with Crippen LogP contribution < -0.4 is 0 Å². The zero-order valence-electron chi connectivity index (χ0n) is 63.7. The second-order valence-corrected chi connectivity index (χ2v) is 32.7. The number of hydrogen-bond donors (Lipinski definition) is 3. The third-order valence-corrected chi connectivity index (χ3v) is 20.3. The maximum atomic E-state index is 13.1. The van der Waals surface area contributed by atoms with Crippen LogP contribution in [0.15, 0.2) is 0 Å². The number of aliphatic hydroxyl groups is 1. The molecule has 0 fully saturated rings. The van der Waals surface area contributed by atoms with E-state index in [9.17, 15) is 43.2 Å². The van der Waals surface area contributed by atoms with E-state index < -0.39 is 97.5 Å². The predicted molar refractivity (Wildman–Crippen MR) is 395 cm³/mol. The van der Waals surface area contributed by atoms with Gasteiger partial charge in [-0.1, -0.05) is 344 Å². The maximum Gasteiger partial charge on any atom is 0.472 e. The molecule has 0 aliphatic rings. The molecule has 0 amide bonds. The molecule has 0 aromatic heterocycles. The van der Waals surface area contributed by atoms with Gasteiger partial charge >= 0.3 is 39.5 Å². The summed E-state index contributed by atoms with van der Waals surface area (Å²) < 4.78 is 68.5. The highest BCUT2D eigenvalue weighted by Gasteiger charge is 2.30. The molecule has 6 atom stereocenters. The molecule has 3 N–H and O–H groups in total. The van der Waals surface area contributed by atoms with Crippen molar-refractivity contribution in [2.75, 3.05) is 39.6 Å². The predicted octanol–water partition coefficient (Wildman–Crippen LogP) is 22.8. The Labute approximate surface area is 594 Å². The minimum atomic E-state index is -4.96. The van der Waals surface area contributed by atoms with E-state index in [-0.39, 0.29) is 25.7 Å². The van der Waals surface area contributed by atoms with Crippen LogP contribution in [0.1, 0.15) is 396 Å². The van der Waals surface area contributed by atoms with Gasteiger partial charge in [0.1, 0.15) is 19.3 Å². The van der Waals surface area contributed by atoms with Gasteiger partial charge in [-0.2, -0.15) is 0 Å². The van der Waals surface area contributed by atoms with Crippen molar-refractivity contribution < 1.29 is 80.2 Å². The molecule has 0 spiro atoms. The largest absolute Gasteiger partial charge is 0.472 e. The summed E-state index contributed by atoms with van der Waals surface area (Å²) in [5.74, 6) is 0.927. The normalized spacial score (nSPS) is 14.4. The highest BCUT2D eigenvalue weighted by Crippen LogP contribution is 2.45. The van der Waals surface area contributed by atoms with Gasteiger partial charge in [-0.05, 0) is 49.4 Å². The number of phosphoric ester groups is 2. The average molecular weight is 1420 g/mol. The van der Waals surface area contributed by atoms with Crippen molar-refractivity contribution in [1.29, 1.82) is 0 Å². The lowest BCUT2D eigenvalue weighted by molar-refractivity contribution is -0.161. The third-order valence-electron chi connectivity index (χ3n) is 18.4. The number of unbranched alkanes of at least 4 members (excludes halogenated alkanes) is 40. The van der Waals surface area contributed by atoms with E-state index in [0.29, 0.717) is 25.7 Å². The van der Waals surface area contributed by atoms with Crippen LogP contribution in [0.25, 0.3) is 0 Å². The second kappa shape index (κ2) is 67.2. The van der Waals surface area contributed by atoms with Crippen LogP contribution in [0.4, 0.5) is 0 Å². The average Bonchev–Trinajstić information content (AvgIpc) is 1.52. The van der Waals surface area contributed by atoms with Gasteiger partial charge in [-0.25, -0.2) is 9.13 Å². The molecule has 0 aromatic carbocycles. The molecule has 0 saturated heterocycles. The number of aliphatic hydroxyl groups excluding tert-OH is 1.